The van der Waals surface area contributed by atoms with Gasteiger partial charge < -0.3 is 9.26 Å². The maximum Gasteiger partial charge on any atom is 0.269 e. The Balaban J connectivity index is 1.74. The van der Waals surface area contributed by atoms with Crippen LogP contribution in [0.5, 0.6) is 5.75 Å². The molecule has 1 aromatic carbocycles. The van der Waals surface area contributed by atoms with Gasteiger partial charge in [-0.25, -0.2) is 8.42 Å². The molecule has 4 rings (SSSR count). The summed E-state index contributed by atoms with van der Waals surface area (Å²) in [6.07, 6.45) is 1.43. The molecule has 0 saturated carbocycles. The largest absolute Gasteiger partial charge is 0.497 e. The van der Waals surface area contributed by atoms with Crippen LogP contribution in [0.1, 0.15) is 23.6 Å². The topological polar surface area (TPSA) is 85.5 Å². The van der Waals surface area contributed by atoms with Crippen molar-refractivity contribution in [1.29, 1.82) is 0 Å². The van der Waals surface area contributed by atoms with Crippen LogP contribution in [0.3, 0.4) is 0 Å². The molecular formula is C20H21N3O4S. The van der Waals surface area contributed by atoms with Crippen molar-refractivity contribution in [2.24, 2.45) is 0 Å². The zero-order chi connectivity index (χ0) is 19.9. The molecule has 1 aliphatic rings. The molecule has 0 amide bonds. The van der Waals surface area contributed by atoms with Crippen LogP contribution < -0.4 is 9.04 Å². The maximum absolute atomic E-state index is 13.3. The van der Waals surface area contributed by atoms with Crippen molar-refractivity contribution >= 4 is 15.7 Å². The van der Waals surface area contributed by atoms with Crippen LogP contribution >= 0.6 is 0 Å². The summed E-state index contributed by atoms with van der Waals surface area (Å²) in [6.45, 7) is 3.66. The Labute approximate surface area is 164 Å². The number of benzene rings is 1. The van der Waals surface area contributed by atoms with Crippen molar-refractivity contribution in [2.45, 2.75) is 31.6 Å². The Morgan fingerprint density at radius 2 is 1.86 bits per heavy atom. The fourth-order valence-corrected chi connectivity index (χ4v) is 5.37. The number of anilines is 1. The molecule has 0 radical (unpaired) electrons. The first kappa shape index (κ1) is 18.5. The monoisotopic (exact) mass is 399 g/mol. The van der Waals surface area contributed by atoms with E-state index >= 15 is 0 Å². The van der Waals surface area contributed by atoms with Gasteiger partial charge in [-0.2, -0.15) is 0 Å². The molecule has 0 atom stereocenters. The van der Waals surface area contributed by atoms with Crippen molar-refractivity contribution in [2.75, 3.05) is 18.0 Å². The highest BCUT2D eigenvalue weighted by atomic mass is 32.2. The quantitative estimate of drug-likeness (QED) is 0.667. The van der Waals surface area contributed by atoms with E-state index in [1.165, 1.54) is 4.31 Å². The second-order valence-corrected chi connectivity index (χ2v) is 8.52. The van der Waals surface area contributed by atoms with Gasteiger partial charge in [-0.1, -0.05) is 5.16 Å². The first-order chi connectivity index (χ1) is 13.4. The van der Waals surface area contributed by atoms with Crippen LogP contribution in [-0.4, -0.2) is 32.2 Å². The average Bonchev–Trinajstić information content (AvgIpc) is 3.06. The van der Waals surface area contributed by atoms with Gasteiger partial charge in [-0.3, -0.25) is 9.29 Å². The van der Waals surface area contributed by atoms with Crippen LogP contribution in [0.25, 0.3) is 11.3 Å². The molecule has 0 saturated heterocycles. The second-order valence-electron chi connectivity index (χ2n) is 6.72. The molecule has 0 N–H and O–H groups in total. The first-order valence-corrected chi connectivity index (χ1v) is 10.5. The number of nitrogens with zero attached hydrogens (tertiary/aromatic N) is 3. The minimum Gasteiger partial charge on any atom is -0.497 e. The Hall–Kier alpha value is -2.87. The summed E-state index contributed by atoms with van der Waals surface area (Å²) in [7, 11) is -2.13. The summed E-state index contributed by atoms with van der Waals surface area (Å²) in [4.78, 5) is 4.88. The summed E-state index contributed by atoms with van der Waals surface area (Å²) >= 11 is 0. The lowest BCUT2D eigenvalue weighted by molar-refractivity contribution is 0.390. The van der Waals surface area contributed by atoms with E-state index in [4.69, 9.17) is 14.2 Å². The van der Waals surface area contributed by atoms with Crippen molar-refractivity contribution < 1.29 is 17.7 Å². The maximum atomic E-state index is 13.3. The van der Waals surface area contributed by atoms with Crippen molar-refractivity contribution in [3.63, 3.8) is 0 Å². The summed E-state index contributed by atoms with van der Waals surface area (Å²) in [5, 5.41) is 3.79. The number of methoxy groups -OCH3 is 1. The van der Waals surface area contributed by atoms with E-state index in [0.29, 0.717) is 30.1 Å². The minimum absolute atomic E-state index is 0.139. The molecule has 1 aliphatic heterocycles. The van der Waals surface area contributed by atoms with Crippen LogP contribution in [0.15, 0.2) is 45.8 Å². The van der Waals surface area contributed by atoms with Crippen LogP contribution in [0, 0.1) is 13.8 Å². The van der Waals surface area contributed by atoms with E-state index in [1.54, 1.807) is 21.0 Å². The highest BCUT2D eigenvalue weighted by Gasteiger charge is 2.34. The van der Waals surface area contributed by atoms with Gasteiger partial charge in [0.2, 0.25) is 0 Å². The summed E-state index contributed by atoms with van der Waals surface area (Å²) in [6, 6.07) is 11.3. The smallest absolute Gasteiger partial charge is 0.269 e. The lowest BCUT2D eigenvalue weighted by Gasteiger charge is -2.30. The molecule has 0 aliphatic carbocycles. The number of hydrogen-bond acceptors (Lipinski definition) is 6. The molecule has 2 aromatic heterocycles. The number of aryl methyl sites for hydroxylation is 3. The molecule has 146 valence electrons. The van der Waals surface area contributed by atoms with E-state index in [-0.39, 0.29) is 4.90 Å². The Bertz CT molecular complexity index is 1100. The summed E-state index contributed by atoms with van der Waals surface area (Å²) in [5.41, 5.74) is 3.51. The summed E-state index contributed by atoms with van der Waals surface area (Å²) < 4.78 is 38.2. The third-order valence-corrected chi connectivity index (χ3v) is 6.95. The zero-order valence-corrected chi connectivity index (χ0v) is 16.8. The fourth-order valence-electron chi connectivity index (χ4n) is 3.54. The summed E-state index contributed by atoms with van der Waals surface area (Å²) in [5.74, 6) is 1.07. The molecule has 3 heterocycles. The van der Waals surface area contributed by atoms with Crippen molar-refractivity contribution in [3.8, 4) is 17.0 Å². The van der Waals surface area contributed by atoms with Gasteiger partial charge in [0.15, 0.2) is 10.7 Å². The van der Waals surface area contributed by atoms with Crippen LogP contribution in [0.4, 0.5) is 5.69 Å². The molecule has 0 bridgehead atoms. The predicted molar refractivity (Wildman–Crippen MR) is 105 cm³/mol. The van der Waals surface area contributed by atoms with E-state index in [9.17, 15) is 8.42 Å². The molecule has 8 heteroatoms. The molecule has 28 heavy (non-hydrogen) atoms. The van der Waals surface area contributed by atoms with Crippen LogP contribution in [0.2, 0.25) is 0 Å². The van der Waals surface area contributed by atoms with Gasteiger partial charge in [-0.05, 0) is 63.1 Å². The molecular weight excluding hydrogens is 378 g/mol. The Kier molecular flexibility index (Phi) is 4.58. The van der Waals surface area contributed by atoms with Gasteiger partial charge in [0.05, 0.1) is 24.2 Å². The SMILES string of the molecule is COc1ccc(-c2ccc3c(n2)CCCN3S(=O)(=O)c2c(C)noc2C)cc1. The van der Waals surface area contributed by atoms with Crippen LogP contribution in [-0.2, 0) is 16.4 Å². The highest BCUT2D eigenvalue weighted by Crippen LogP contribution is 2.34. The van der Waals surface area contributed by atoms with Gasteiger partial charge in [0.25, 0.3) is 10.0 Å². The second kappa shape index (κ2) is 6.94. The molecule has 0 unspecified atom stereocenters. The number of hydrogen-bond donors (Lipinski definition) is 0. The fraction of sp³-hybridized carbons (Fsp3) is 0.300. The van der Waals surface area contributed by atoms with Gasteiger partial charge in [-0.15, -0.1) is 0 Å². The minimum atomic E-state index is -3.76. The van der Waals surface area contributed by atoms with Gasteiger partial charge >= 0.3 is 0 Å². The van der Waals surface area contributed by atoms with E-state index in [0.717, 1.165) is 29.1 Å². The van der Waals surface area contributed by atoms with Gasteiger partial charge in [0, 0.05) is 12.1 Å². The lowest BCUT2D eigenvalue weighted by Crippen LogP contribution is -2.36. The van der Waals surface area contributed by atoms with Crippen molar-refractivity contribution in [3.05, 3.63) is 53.5 Å². The average molecular weight is 399 g/mol. The number of ether oxygens (including phenoxy) is 1. The van der Waals surface area contributed by atoms with Crippen molar-refractivity contribution in [1.82, 2.24) is 10.1 Å². The highest BCUT2D eigenvalue weighted by molar-refractivity contribution is 7.93. The molecule has 0 spiro atoms. The normalized spacial score (nSPS) is 14.0. The number of fused-ring (bicyclic) bond motifs is 1. The number of sulfonamides is 1. The standard InChI is InChI=1S/C20H21N3O4S/c1-13-20(14(2)27-22-13)28(24,25)23-12-4-5-18-19(23)11-10-17(21-18)15-6-8-16(26-3)9-7-15/h6-11H,4-5,12H2,1-3H3. The number of rotatable bonds is 4. The number of aromatic nitrogens is 2. The van der Waals surface area contributed by atoms with E-state index < -0.39 is 10.0 Å². The Morgan fingerprint density at radius 1 is 1.11 bits per heavy atom. The predicted octanol–water partition coefficient (Wildman–Crippen LogP) is 3.50. The van der Waals surface area contributed by atoms with Gasteiger partial charge in [0.1, 0.15) is 11.4 Å². The molecule has 3 aromatic rings. The van der Waals surface area contributed by atoms with E-state index in [2.05, 4.69) is 5.16 Å². The first-order valence-electron chi connectivity index (χ1n) is 9.02. The molecule has 0 fully saturated rings. The third-order valence-electron chi connectivity index (χ3n) is 4.90. The zero-order valence-electron chi connectivity index (χ0n) is 16.0. The van der Waals surface area contributed by atoms with E-state index in [1.807, 2.05) is 36.4 Å². The number of pyridine rings is 1. The Morgan fingerprint density at radius 3 is 2.50 bits per heavy atom. The molecule has 7 nitrogen and oxygen atoms in total. The lowest BCUT2D eigenvalue weighted by atomic mass is 10.1. The third kappa shape index (κ3) is 3.03.